The first kappa shape index (κ1) is 17.5. The third-order valence-electron chi connectivity index (χ3n) is 4.13. The molecule has 0 radical (unpaired) electrons. The largest absolute Gasteiger partial charge is 0.376 e. The van der Waals surface area contributed by atoms with E-state index in [0.29, 0.717) is 5.56 Å². The minimum Gasteiger partial charge on any atom is -0.376 e. The number of likely N-dealkylation sites (tertiary alicyclic amines) is 1. The van der Waals surface area contributed by atoms with Crippen LogP contribution in [0.2, 0.25) is 0 Å². The van der Waals surface area contributed by atoms with Gasteiger partial charge in [0, 0.05) is 28.8 Å². The van der Waals surface area contributed by atoms with Gasteiger partial charge in [-0.1, -0.05) is 12.1 Å². The summed E-state index contributed by atoms with van der Waals surface area (Å²) in [5, 5.41) is 5.91. The van der Waals surface area contributed by atoms with E-state index in [1.165, 1.54) is 0 Å². The van der Waals surface area contributed by atoms with Crippen molar-refractivity contribution in [2.75, 3.05) is 30.3 Å². The van der Waals surface area contributed by atoms with Gasteiger partial charge < -0.3 is 15.5 Å². The molecule has 3 rings (SSSR count). The van der Waals surface area contributed by atoms with Crippen LogP contribution in [0.15, 0.2) is 53.0 Å². The number of benzene rings is 2. The Kier molecular flexibility index (Phi) is 5.71. The van der Waals surface area contributed by atoms with Crippen LogP contribution in [0.5, 0.6) is 0 Å². The molecule has 2 N–H and O–H groups in total. The van der Waals surface area contributed by atoms with Crippen LogP contribution in [0.4, 0.5) is 11.4 Å². The molecule has 1 fully saturated rings. The third kappa shape index (κ3) is 4.60. The van der Waals surface area contributed by atoms with Gasteiger partial charge in [-0.15, -0.1) is 0 Å². The van der Waals surface area contributed by atoms with Crippen LogP contribution in [0, 0.1) is 0 Å². The second kappa shape index (κ2) is 8.16. The molecule has 5 nitrogen and oxygen atoms in total. The lowest BCUT2D eigenvalue weighted by molar-refractivity contribution is -0.114. The summed E-state index contributed by atoms with van der Waals surface area (Å²) < 4.78 is 0.841. The summed E-state index contributed by atoms with van der Waals surface area (Å²) in [6.07, 6.45) is 2.16. The lowest BCUT2D eigenvalue weighted by Crippen LogP contribution is -2.27. The topological polar surface area (TPSA) is 61.4 Å². The van der Waals surface area contributed by atoms with Crippen molar-refractivity contribution in [2.45, 2.75) is 12.8 Å². The molecule has 0 aliphatic carbocycles. The molecule has 1 aliphatic heterocycles. The Morgan fingerprint density at radius 3 is 2.36 bits per heavy atom. The lowest BCUT2D eigenvalue weighted by Gasteiger charge is -2.15. The van der Waals surface area contributed by atoms with Crippen LogP contribution in [0.25, 0.3) is 0 Å². The lowest BCUT2D eigenvalue weighted by atomic mass is 10.2. The van der Waals surface area contributed by atoms with Gasteiger partial charge in [-0.3, -0.25) is 9.59 Å². The zero-order chi connectivity index (χ0) is 17.6. The summed E-state index contributed by atoms with van der Waals surface area (Å²) in [5.41, 5.74) is 2.23. The van der Waals surface area contributed by atoms with E-state index >= 15 is 0 Å². The van der Waals surface area contributed by atoms with Gasteiger partial charge in [-0.2, -0.15) is 0 Å². The van der Waals surface area contributed by atoms with Gasteiger partial charge in [-0.25, -0.2) is 0 Å². The van der Waals surface area contributed by atoms with Crippen LogP contribution in [0.1, 0.15) is 23.2 Å². The van der Waals surface area contributed by atoms with Crippen molar-refractivity contribution in [1.82, 2.24) is 4.90 Å². The smallest absolute Gasteiger partial charge is 0.253 e. The number of hydrogen-bond acceptors (Lipinski definition) is 3. The molecule has 1 saturated heterocycles. The summed E-state index contributed by atoms with van der Waals surface area (Å²) >= 11 is 3.40. The van der Waals surface area contributed by atoms with Gasteiger partial charge in [0.05, 0.1) is 12.2 Å². The molecule has 0 atom stereocenters. The highest BCUT2D eigenvalue weighted by Crippen LogP contribution is 2.21. The van der Waals surface area contributed by atoms with Gasteiger partial charge in [-0.05, 0) is 65.2 Å². The van der Waals surface area contributed by atoms with Crippen molar-refractivity contribution in [3.8, 4) is 0 Å². The molecular weight excluding hydrogens is 382 g/mol. The highest BCUT2D eigenvalue weighted by Gasteiger charge is 2.19. The molecule has 0 bridgehead atoms. The van der Waals surface area contributed by atoms with Crippen LogP contribution < -0.4 is 10.6 Å². The van der Waals surface area contributed by atoms with E-state index in [1.807, 2.05) is 41.3 Å². The van der Waals surface area contributed by atoms with Gasteiger partial charge in [0.25, 0.3) is 5.91 Å². The number of para-hydroxylation sites is 1. The summed E-state index contributed by atoms with van der Waals surface area (Å²) in [6.45, 7) is 1.84. The number of carbonyl (C=O) groups is 2. The van der Waals surface area contributed by atoms with E-state index in [-0.39, 0.29) is 18.4 Å². The van der Waals surface area contributed by atoms with E-state index in [0.717, 1.165) is 41.8 Å². The number of anilines is 2. The monoisotopic (exact) mass is 401 g/mol. The molecular formula is C19H20BrN3O2. The molecule has 0 unspecified atom stereocenters. The first-order chi connectivity index (χ1) is 12.1. The first-order valence-corrected chi connectivity index (χ1v) is 9.10. The Balaban J connectivity index is 1.52. The van der Waals surface area contributed by atoms with E-state index in [1.54, 1.807) is 12.1 Å². The third-order valence-corrected chi connectivity index (χ3v) is 4.82. The Morgan fingerprint density at radius 1 is 1.00 bits per heavy atom. The zero-order valence-electron chi connectivity index (χ0n) is 13.8. The SMILES string of the molecule is O=C(CNc1ccc(C(=O)N2CCCC2)cc1)Nc1ccccc1Br. The van der Waals surface area contributed by atoms with Crippen molar-refractivity contribution in [1.29, 1.82) is 0 Å². The number of nitrogens with one attached hydrogen (secondary N) is 2. The Morgan fingerprint density at radius 2 is 1.68 bits per heavy atom. The van der Waals surface area contributed by atoms with Gasteiger partial charge in [0.15, 0.2) is 0 Å². The van der Waals surface area contributed by atoms with E-state index < -0.39 is 0 Å². The maximum atomic E-state index is 12.3. The number of nitrogens with zero attached hydrogens (tertiary/aromatic N) is 1. The molecule has 25 heavy (non-hydrogen) atoms. The normalized spacial score (nSPS) is 13.6. The van der Waals surface area contributed by atoms with Crippen molar-refractivity contribution >= 4 is 39.1 Å². The van der Waals surface area contributed by atoms with Crippen molar-refractivity contribution < 1.29 is 9.59 Å². The average Bonchev–Trinajstić information content (AvgIpc) is 3.16. The Bertz CT molecular complexity index is 756. The number of carbonyl (C=O) groups excluding carboxylic acids is 2. The predicted octanol–water partition coefficient (Wildman–Crippen LogP) is 3.74. The highest BCUT2D eigenvalue weighted by molar-refractivity contribution is 9.10. The summed E-state index contributed by atoms with van der Waals surface area (Å²) in [4.78, 5) is 26.2. The maximum absolute atomic E-state index is 12.3. The van der Waals surface area contributed by atoms with E-state index in [4.69, 9.17) is 0 Å². The van der Waals surface area contributed by atoms with Crippen molar-refractivity contribution in [3.05, 3.63) is 58.6 Å². The van der Waals surface area contributed by atoms with Gasteiger partial charge in [0.1, 0.15) is 0 Å². The second-order valence-electron chi connectivity index (χ2n) is 5.96. The summed E-state index contributed by atoms with van der Waals surface area (Å²) in [6, 6.07) is 14.7. The van der Waals surface area contributed by atoms with Crippen LogP contribution in [0.3, 0.4) is 0 Å². The number of amides is 2. The predicted molar refractivity (Wildman–Crippen MR) is 103 cm³/mol. The molecule has 1 aliphatic rings. The molecule has 0 saturated carbocycles. The minimum atomic E-state index is -0.135. The van der Waals surface area contributed by atoms with Crippen LogP contribution >= 0.6 is 15.9 Å². The number of halogens is 1. The van der Waals surface area contributed by atoms with Crippen molar-refractivity contribution in [3.63, 3.8) is 0 Å². The molecule has 2 aromatic rings. The average molecular weight is 402 g/mol. The second-order valence-corrected chi connectivity index (χ2v) is 6.81. The van der Waals surface area contributed by atoms with Crippen LogP contribution in [-0.4, -0.2) is 36.3 Å². The maximum Gasteiger partial charge on any atom is 0.253 e. The Labute approximate surface area is 155 Å². The van der Waals surface area contributed by atoms with E-state index in [2.05, 4.69) is 26.6 Å². The van der Waals surface area contributed by atoms with Gasteiger partial charge in [0.2, 0.25) is 5.91 Å². The fourth-order valence-electron chi connectivity index (χ4n) is 2.77. The fourth-order valence-corrected chi connectivity index (χ4v) is 3.16. The summed E-state index contributed by atoms with van der Waals surface area (Å²) in [7, 11) is 0. The highest BCUT2D eigenvalue weighted by atomic mass is 79.9. The van der Waals surface area contributed by atoms with Crippen LogP contribution in [-0.2, 0) is 4.79 Å². The molecule has 0 spiro atoms. The number of hydrogen-bond donors (Lipinski definition) is 2. The standard InChI is InChI=1S/C19H20BrN3O2/c20-16-5-1-2-6-17(16)22-18(24)13-21-15-9-7-14(8-10-15)19(25)23-11-3-4-12-23/h1-2,5-10,21H,3-4,11-13H2,(H,22,24). The number of rotatable bonds is 5. The van der Waals surface area contributed by atoms with Gasteiger partial charge >= 0.3 is 0 Å². The molecule has 130 valence electrons. The fraction of sp³-hybridized carbons (Fsp3) is 0.263. The quantitative estimate of drug-likeness (QED) is 0.801. The minimum absolute atomic E-state index is 0.0794. The molecule has 2 amide bonds. The van der Waals surface area contributed by atoms with Crippen molar-refractivity contribution in [2.24, 2.45) is 0 Å². The molecule has 6 heteroatoms. The molecule has 0 aromatic heterocycles. The Hall–Kier alpha value is -2.34. The zero-order valence-corrected chi connectivity index (χ0v) is 15.4. The first-order valence-electron chi connectivity index (χ1n) is 8.31. The summed E-state index contributed by atoms with van der Waals surface area (Å²) in [5.74, 6) is -0.0557. The van der Waals surface area contributed by atoms with E-state index in [9.17, 15) is 9.59 Å². The molecule has 1 heterocycles. The molecule has 2 aromatic carbocycles.